The number of benzene rings is 2. The zero-order chi connectivity index (χ0) is 19.5. The highest BCUT2D eigenvalue weighted by Crippen LogP contribution is 2.30. The number of likely N-dealkylation sites (tertiary alicyclic amines) is 1. The average Bonchev–Trinajstić information content (AvgIpc) is 3.01. The predicted octanol–water partition coefficient (Wildman–Crippen LogP) is 3.27. The molecule has 1 unspecified atom stereocenters. The standard InChI is InChI=1S/C22H26ClN3O2/c23-17-7-8-21-19(12-17)18-5-1-2-6-20(18)26(21)14-22(28)24-9-11-25-10-3-4-16(13-25)15-27/h1-2,5-8,12,16,27H,3-4,9-11,13-15H2,(H,24,28). The second-order valence-corrected chi connectivity index (χ2v) is 8.04. The summed E-state index contributed by atoms with van der Waals surface area (Å²) >= 11 is 6.19. The van der Waals surface area contributed by atoms with Crippen molar-refractivity contribution in [3.63, 3.8) is 0 Å². The smallest absolute Gasteiger partial charge is 0.240 e. The summed E-state index contributed by atoms with van der Waals surface area (Å²) in [5, 5.41) is 15.3. The molecule has 2 aromatic carbocycles. The van der Waals surface area contributed by atoms with Crippen molar-refractivity contribution >= 4 is 39.3 Å². The third-order valence-corrected chi connectivity index (χ3v) is 5.88. The minimum atomic E-state index is 0.00770. The molecule has 5 nitrogen and oxygen atoms in total. The molecule has 1 fully saturated rings. The minimum absolute atomic E-state index is 0.00770. The number of carbonyl (C=O) groups excluding carboxylic acids is 1. The van der Waals surface area contributed by atoms with Crippen LogP contribution in [0.5, 0.6) is 0 Å². The Morgan fingerprint density at radius 2 is 2.00 bits per heavy atom. The molecule has 1 aliphatic rings. The normalized spacial score (nSPS) is 18.0. The molecule has 2 heterocycles. The number of hydrogen-bond donors (Lipinski definition) is 2. The van der Waals surface area contributed by atoms with Gasteiger partial charge in [-0.05, 0) is 49.6 Å². The van der Waals surface area contributed by atoms with Gasteiger partial charge in [-0.3, -0.25) is 4.79 Å². The van der Waals surface area contributed by atoms with E-state index in [4.69, 9.17) is 11.6 Å². The molecule has 4 rings (SSSR count). The number of para-hydroxylation sites is 1. The largest absolute Gasteiger partial charge is 0.396 e. The molecule has 148 valence electrons. The number of nitrogens with one attached hydrogen (secondary N) is 1. The monoisotopic (exact) mass is 399 g/mol. The van der Waals surface area contributed by atoms with Crippen LogP contribution < -0.4 is 5.32 Å². The van der Waals surface area contributed by atoms with E-state index in [0.29, 0.717) is 17.5 Å². The molecule has 1 aliphatic heterocycles. The zero-order valence-corrected chi connectivity index (χ0v) is 16.7. The number of rotatable bonds is 6. The maximum absolute atomic E-state index is 12.6. The van der Waals surface area contributed by atoms with Crippen molar-refractivity contribution in [1.82, 2.24) is 14.8 Å². The number of nitrogens with zero attached hydrogens (tertiary/aromatic N) is 2. The first-order chi connectivity index (χ1) is 13.7. The van der Waals surface area contributed by atoms with E-state index in [1.54, 1.807) is 0 Å². The number of fused-ring (bicyclic) bond motifs is 3. The van der Waals surface area contributed by atoms with Crippen LogP contribution in [0.2, 0.25) is 5.02 Å². The lowest BCUT2D eigenvalue weighted by molar-refractivity contribution is -0.121. The highest BCUT2D eigenvalue weighted by molar-refractivity contribution is 6.31. The third-order valence-electron chi connectivity index (χ3n) is 5.65. The van der Waals surface area contributed by atoms with E-state index in [1.165, 1.54) is 0 Å². The Hall–Kier alpha value is -2.08. The van der Waals surface area contributed by atoms with Gasteiger partial charge < -0.3 is 19.9 Å². The molecule has 0 spiro atoms. The Morgan fingerprint density at radius 3 is 2.86 bits per heavy atom. The number of hydrogen-bond acceptors (Lipinski definition) is 3. The van der Waals surface area contributed by atoms with Crippen LogP contribution in [0, 0.1) is 5.92 Å². The van der Waals surface area contributed by atoms with Gasteiger partial charge in [0, 0.05) is 53.1 Å². The number of piperidine rings is 1. The minimum Gasteiger partial charge on any atom is -0.396 e. The van der Waals surface area contributed by atoms with Gasteiger partial charge >= 0.3 is 0 Å². The van der Waals surface area contributed by atoms with Crippen molar-refractivity contribution in [3.8, 4) is 0 Å². The van der Waals surface area contributed by atoms with Crippen LogP contribution in [-0.2, 0) is 11.3 Å². The SMILES string of the molecule is O=C(Cn1c2ccccc2c2cc(Cl)ccc21)NCCN1CCCC(CO)C1. The van der Waals surface area contributed by atoms with Gasteiger partial charge in [0.1, 0.15) is 6.54 Å². The average molecular weight is 400 g/mol. The predicted molar refractivity (Wildman–Crippen MR) is 114 cm³/mol. The van der Waals surface area contributed by atoms with Crippen molar-refractivity contribution in [1.29, 1.82) is 0 Å². The van der Waals surface area contributed by atoms with Gasteiger partial charge in [0.15, 0.2) is 0 Å². The fourth-order valence-corrected chi connectivity index (χ4v) is 4.42. The van der Waals surface area contributed by atoms with E-state index < -0.39 is 0 Å². The summed E-state index contributed by atoms with van der Waals surface area (Å²) in [5.41, 5.74) is 2.05. The Morgan fingerprint density at radius 1 is 1.18 bits per heavy atom. The van der Waals surface area contributed by atoms with E-state index in [0.717, 1.165) is 54.3 Å². The maximum Gasteiger partial charge on any atom is 0.240 e. The Balaban J connectivity index is 1.43. The number of aromatic nitrogens is 1. The van der Waals surface area contributed by atoms with Crippen LogP contribution in [0.15, 0.2) is 42.5 Å². The highest BCUT2D eigenvalue weighted by Gasteiger charge is 2.19. The summed E-state index contributed by atoms with van der Waals surface area (Å²) in [6.07, 6.45) is 2.21. The van der Waals surface area contributed by atoms with Gasteiger partial charge in [-0.2, -0.15) is 0 Å². The molecule has 1 aromatic heterocycles. The molecule has 1 saturated heterocycles. The van der Waals surface area contributed by atoms with E-state index >= 15 is 0 Å². The van der Waals surface area contributed by atoms with Gasteiger partial charge in [-0.25, -0.2) is 0 Å². The first-order valence-corrected chi connectivity index (χ1v) is 10.3. The Bertz CT molecular complexity index is 984. The number of carbonyl (C=O) groups is 1. The topological polar surface area (TPSA) is 57.5 Å². The summed E-state index contributed by atoms with van der Waals surface area (Å²) in [6, 6.07) is 13.9. The lowest BCUT2D eigenvalue weighted by Gasteiger charge is -2.31. The molecule has 0 radical (unpaired) electrons. The first-order valence-electron chi connectivity index (χ1n) is 9.92. The Kier molecular flexibility index (Phi) is 5.85. The van der Waals surface area contributed by atoms with Crippen LogP contribution in [0.3, 0.4) is 0 Å². The molecule has 0 saturated carbocycles. The van der Waals surface area contributed by atoms with Crippen molar-refractivity contribution in [3.05, 3.63) is 47.5 Å². The molecular weight excluding hydrogens is 374 g/mol. The van der Waals surface area contributed by atoms with Gasteiger partial charge in [-0.1, -0.05) is 29.8 Å². The van der Waals surface area contributed by atoms with Crippen molar-refractivity contribution in [2.24, 2.45) is 5.92 Å². The Labute approximate surface area is 169 Å². The molecule has 2 N–H and O–H groups in total. The lowest BCUT2D eigenvalue weighted by Crippen LogP contribution is -2.42. The molecule has 0 bridgehead atoms. The second-order valence-electron chi connectivity index (χ2n) is 7.61. The molecular formula is C22H26ClN3O2. The second kappa shape index (κ2) is 8.52. The fourth-order valence-electron chi connectivity index (χ4n) is 4.25. The highest BCUT2D eigenvalue weighted by atomic mass is 35.5. The molecule has 1 amide bonds. The number of aliphatic hydroxyl groups excluding tert-OH is 1. The molecule has 1 atom stereocenters. The quantitative estimate of drug-likeness (QED) is 0.668. The van der Waals surface area contributed by atoms with E-state index in [-0.39, 0.29) is 19.1 Å². The van der Waals surface area contributed by atoms with Crippen molar-refractivity contribution in [2.75, 3.05) is 32.8 Å². The summed E-state index contributed by atoms with van der Waals surface area (Å²) in [5.74, 6) is 0.377. The third kappa shape index (κ3) is 4.02. The van der Waals surface area contributed by atoms with Gasteiger partial charge in [0.05, 0.1) is 0 Å². The summed E-state index contributed by atoms with van der Waals surface area (Å²) in [7, 11) is 0. The maximum atomic E-state index is 12.6. The number of amides is 1. The lowest BCUT2D eigenvalue weighted by atomic mass is 9.99. The summed E-state index contributed by atoms with van der Waals surface area (Å²) < 4.78 is 2.05. The first kappa shape index (κ1) is 19.2. The number of aliphatic hydroxyl groups is 1. The van der Waals surface area contributed by atoms with E-state index in [2.05, 4.69) is 20.9 Å². The van der Waals surface area contributed by atoms with Crippen LogP contribution in [0.25, 0.3) is 21.8 Å². The van der Waals surface area contributed by atoms with Crippen molar-refractivity contribution < 1.29 is 9.90 Å². The van der Waals surface area contributed by atoms with Crippen LogP contribution in [0.1, 0.15) is 12.8 Å². The van der Waals surface area contributed by atoms with E-state index in [1.807, 2.05) is 36.4 Å². The fraction of sp³-hybridized carbons (Fsp3) is 0.409. The van der Waals surface area contributed by atoms with Crippen LogP contribution >= 0.6 is 11.6 Å². The van der Waals surface area contributed by atoms with Gasteiger partial charge in [-0.15, -0.1) is 0 Å². The number of halogens is 1. The van der Waals surface area contributed by atoms with Crippen LogP contribution in [0.4, 0.5) is 0 Å². The van der Waals surface area contributed by atoms with Gasteiger partial charge in [0.2, 0.25) is 5.91 Å². The summed E-state index contributed by atoms with van der Waals surface area (Å²) in [6.45, 7) is 3.94. The van der Waals surface area contributed by atoms with Crippen molar-refractivity contribution in [2.45, 2.75) is 19.4 Å². The van der Waals surface area contributed by atoms with Gasteiger partial charge in [0.25, 0.3) is 0 Å². The van der Waals surface area contributed by atoms with Crippen LogP contribution in [-0.4, -0.2) is 53.3 Å². The molecule has 0 aliphatic carbocycles. The molecule has 3 aromatic rings. The molecule has 6 heteroatoms. The summed E-state index contributed by atoms with van der Waals surface area (Å²) in [4.78, 5) is 14.9. The zero-order valence-electron chi connectivity index (χ0n) is 15.9. The van der Waals surface area contributed by atoms with E-state index in [9.17, 15) is 9.90 Å². The molecule has 28 heavy (non-hydrogen) atoms.